The van der Waals surface area contributed by atoms with Crippen LogP contribution < -0.4 is 9.47 Å². The molecule has 0 saturated heterocycles. The molecule has 0 unspecified atom stereocenters. The smallest absolute Gasteiger partial charge is 0.417 e. The second kappa shape index (κ2) is 6.15. The summed E-state index contributed by atoms with van der Waals surface area (Å²) in [4.78, 5) is 16.0. The zero-order valence-electron chi connectivity index (χ0n) is 13.7. The second-order valence-corrected chi connectivity index (χ2v) is 5.92. The predicted molar refractivity (Wildman–Crippen MR) is 90.1 cm³/mol. The van der Waals surface area contributed by atoms with Crippen molar-refractivity contribution in [2.24, 2.45) is 0 Å². The van der Waals surface area contributed by atoms with E-state index < -0.39 is 17.7 Å². The summed E-state index contributed by atoms with van der Waals surface area (Å²) in [7, 11) is 0. The molecule has 2 aromatic carbocycles. The third-order valence-electron chi connectivity index (χ3n) is 4.21. The minimum atomic E-state index is -4.59. The van der Waals surface area contributed by atoms with Crippen LogP contribution in [-0.4, -0.2) is 29.3 Å². The average Bonchev–Trinajstić information content (AvgIpc) is 2.64. The van der Waals surface area contributed by atoms with Gasteiger partial charge in [0.05, 0.1) is 22.3 Å². The first-order valence-electron chi connectivity index (χ1n) is 7.99. The number of aromatic carboxylic acids is 1. The Balaban J connectivity index is 2.00. The van der Waals surface area contributed by atoms with Gasteiger partial charge in [-0.2, -0.15) is 13.2 Å². The molecule has 4 rings (SSSR count). The van der Waals surface area contributed by atoms with Gasteiger partial charge in [0, 0.05) is 17.0 Å². The van der Waals surface area contributed by atoms with Crippen molar-refractivity contribution in [2.75, 3.05) is 13.2 Å². The summed E-state index contributed by atoms with van der Waals surface area (Å²) in [5.74, 6) is -0.523. The summed E-state index contributed by atoms with van der Waals surface area (Å²) in [5, 5.41) is 9.83. The molecular weight excluding hydrogens is 363 g/mol. The van der Waals surface area contributed by atoms with Gasteiger partial charge < -0.3 is 14.6 Å². The number of pyridine rings is 1. The fourth-order valence-corrected chi connectivity index (χ4v) is 3.03. The lowest BCUT2D eigenvalue weighted by Gasteiger charge is -2.19. The molecule has 2 heterocycles. The van der Waals surface area contributed by atoms with Gasteiger partial charge in [-0.3, -0.25) is 0 Å². The Morgan fingerprint density at radius 1 is 1.04 bits per heavy atom. The number of carboxylic acids is 1. The number of nitrogens with zero attached hydrogens (tertiary/aromatic N) is 1. The standard InChI is InChI=1S/C19H12F3NO4/c20-19(21,22)13-4-2-1-3-10(13)14-7-12(18(24)25)11-8-16-17(9-15(11)23-14)27-6-5-26-16/h1-4,7-9H,5-6H2,(H,24,25). The highest BCUT2D eigenvalue weighted by Gasteiger charge is 2.34. The Hall–Kier alpha value is -3.29. The molecule has 1 aromatic heterocycles. The van der Waals surface area contributed by atoms with E-state index in [0.29, 0.717) is 24.7 Å². The van der Waals surface area contributed by atoms with E-state index in [2.05, 4.69) is 4.98 Å². The first-order chi connectivity index (χ1) is 12.8. The van der Waals surface area contributed by atoms with E-state index in [4.69, 9.17) is 9.47 Å². The van der Waals surface area contributed by atoms with Gasteiger partial charge in [-0.05, 0) is 18.2 Å². The lowest BCUT2D eigenvalue weighted by atomic mass is 9.99. The third-order valence-corrected chi connectivity index (χ3v) is 4.21. The van der Waals surface area contributed by atoms with Crippen molar-refractivity contribution in [1.82, 2.24) is 4.98 Å². The molecule has 0 spiro atoms. The summed E-state index contributed by atoms with van der Waals surface area (Å²) < 4.78 is 51.0. The predicted octanol–water partition coefficient (Wildman–Crippen LogP) is 4.39. The highest BCUT2D eigenvalue weighted by Crippen LogP contribution is 2.39. The average molecular weight is 375 g/mol. The molecule has 0 atom stereocenters. The summed E-state index contributed by atoms with van der Waals surface area (Å²) in [6.07, 6.45) is -4.59. The molecule has 0 saturated carbocycles. The molecule has 1 aliphatic heterocycles. The van der Waals surface area contributed by atoms with E-state index in [1.165, 1.54) is 30.3 Å². The number of halogens is 3. The normalized spacial score (nSPS) is 13.6. The molecule has 0 fully saturated rings. The van der Waals surface area contributed by atoms with E-state index in [1.54, 1.807) is 0 Å². The minimum Gasteiger partial charge on any atom is -0.486 e. The van der Waals surface area contributed by atoms with Crippen LogP contribution in [0.4, 0.5) is 13.2 Å². The van der Waals surface area contributed by atoms with Gasteiger partial charge in [-0.15, -0.1) is 0 Å². The van der Waals surface area contributed by atoms with E-state index in [9.17, 15) is 23.1 Å². The maximum atomic E-state index is 13.4. The molecule has 1 aliphatic rings. The molecule has 138 valence electrons. The number of rotatable bonds is 2. The van der Waals surface area contributed by atoms with Crippen LogP contribution in [0.15, 0.2) is 42.5 Å². The highest BCUT2D eigenvalue weighted by atomic mass is 19.4. The van der Waals surface area contributed by atoms with Gasteiger partial charge in [0.1, 0.15) is 13.2 Å². The lowest BCUT2D eigenvalue weighted by Crippen LogP contribution is -2.15. The first kappa shape index (κ1) is 17.1. The Morgan fingerprint density at radius 3 is 2.37 bits per heavy atom. The fraction of sp³-hybridized carbons (Fsp3) is 0.158. The molecule has 0 bridgehead atoms. The molecule has 0 amide bonds. The van der Waals surface area contributed by atoms with Crippen molar-refractivity contribution in [3.8, 4) is 22.8 Å². The maximum Gasteiger partial charge on any atom is 0.417 e. The van der Waals surface area contributed by atoms with Gasteiger partial charge in [0.15, 0.2) is 11.5 Å². The highest BCUT2D eigenvalue weighted by molar-refractivity contribution is 6.04. The van der Waals surface area contributed by atoms with E-state index in [0.717, 1.165) is 12.1 Å². The first-order valence-corrected chi connectivity index (χ1v) is 7.99. The quantitative estimate of drug-likeness (QED) is 0.720. The van der Waals surface area contributed by atoms with Crippen molar-refractivity contribution >= 4 is 16.9 Å². The van der Waals surface area contributed by atoms with Crippen molar-refractivity contribution in [3.05, 3.63) is 53.6 Å². The number of hydrogen-bond acceptors (Lipinski definition) is 4. The number of ether oxygens (including phenoxy) is 2. The van der Waals surface area contributed by atoms with Crippen molar-refractivity contribution < 1.29 is 32.5 Å². The van der Waals surface area contributed by atoms with Crippen LogP contribution in [0.1, 0.15) is 15.9 Å². The van der Waals surface area contributed by atoms with Gasteiger partial charge in [-0.25, -0.2) is 9.78 Å². The Bertz CT molecular complexity index is 1060. The Kier molecular flexibility index (Phi) is 3.91. The molecule has 0 aliphatic carbocycles. The Morgan fingerprint density at radius 2 is 1.70 bits per heavy atom. The topological polar surface area (TPSA) is 68.7 Å². The second-order valence-electron chi connectivity index (χ2n) is 5.92. The monoisotopic (exact) mass is 375 g/mol. The molecule has 0 radical (unpaired) electrons. The number of aromatic nitrogens is 1. The zero-order valence-corrected chi connectivity index (χ0v) is 13.7. The van der Waals surface area contributed by atoms with Crippen LogP contribution in [0.5, 0.6) is 11.5 Å². The van der Waals surface area contributed by atoms with Crippen LogP contribution in [0.2, 0.25) is 0 Å². The zero-order chi connectivity index (χ0) is 19.2. The Labute approximate surface area is 151 Å². The number of hydrogen-bond donors (Lipinski definition) is 1. The number of fused-ring (bicyclic) bond motifs is 2. The van der Waals surface area contributed by atoms with Crippen LogP contribution in [0.3, 0.4) is 0 Å². The molecule has 5 nitrogen and oxygen atoms in total. The number of carboxylic acid groups (broad SMARTS) is 1. The van der Waals surface area contributed by atoms with E-state index >= 15 is 0 Å². The van der Waals surface area contributed by atoms with Gasteiger partial charge >= 0.3 is 12.1 Å². The lowest BCUT2D eigenvalue weighted by molar-refractivity contribution is -0.137. The van der Waals surface area contributed by atoms with Crippen molar-refractivity contribution in [1.29, 1.82) is 0 Å². The number of benzene rings is 2. The third kappa shape index (κ3) is 3.03. The van der Waals surface area contributed by atoms with Gasteiger partial charge in [0.2, 0.25) is 0 Å². The molecule has 1 N–H and O–H groups in total. The number of alkyl halides is 3. The van der Waals surface area contributed by atoms with Gasteiger partial charge in [-0.1, -0.05) is 18.2 Å². The summed E-state index contributed by atoms with van der Waals surface area (Å²) >= 11 is 0. The van der Waals surface area contributed by atoms with Crippen molar-refractivity contribution in [2.45, 2.75) is 6.18 Å². The number of carbonyl (C=O) groups is 1. The molecule has 3 aromatic rings. The summed E-state index contributed by atoms with van der Waals surface area (Å²) in [6.45, 7) is 0.645. The van der Waals surface area contributed by atoms with Crippen LogP contribution in [0.25, 0.3) is 22.2 Å². The molecule has 27 heavy (non-hydrogen) atoms. The minimum absolute atomic E-state index is 0.0792. The van der Waals surface area contributed by atoms with E-state index in [-0.39, 0.29) is 27.7 Å². The van der Waals surface area contributed by atoms with Crippen LogP contribution >= 0.6 is 0 Å². The van der Waals surface area contributed by atoms with Gasteiger partial charge in [0.25, 0.3) is 0 Å². The fourth-order valence-electron chi connectivity index (χ4n) is 3.03. The SMILES string of the molecule is O=C(O)c1cc(-c2ccccc2C(F)(F)F)nc2cc3c(cc12)OCCO3. The molecule has 8 heteroatoms. The van der Waals surface area contributed by atoms with Crippen LogP contribution in [0, 0.1) is 0 Å². The molecular formula is C19H12F3NO4. The van der Waals surface area contributed by atoms with Crippen molar-refractivity contribution in [3.63, 3.8) is 0 Å². The maximum absolute atomic E-state index is 13.4. The largest absolute Gasteiger partial charge is 0.486 e. The van der Waals surface area contributed by atoms with Crippen LogP contribution in [-0.2, 0) is 6.18 Å². The summed E-state index contributed by atoms with van der Waals surface area (Å²) in [6, 6.07) is 9.03. The summed E-state index contributed by atoms with van der Waals surface area (Å²) in [5.41, 5.74) is -1.10. The van der Waals surface area contributed by atoms with E-state index in [1.807, 2.05) is 0 Å².